The van der Waals surface area contributed by atoms with Crippen molar-refractivity contribution in [2.75, 3.05) is 5.32 Å². The van der Waals surface area contributed by atoms with Crippen molar-refractivity contribution in [3.8, 4) is 17.2 Å². The largest absolute Gasteiger partial charge is 0.573 e. The standard InChI is InChI=1S/C19H10F7N3O4/c20-16-13(18(21,22)23)5-6-14(15(16)17(30)28-10-7-8-29(31)27-9-10)32-11-1-3-12(4-2-11)33-19(24,25)26/h1-9H,(H-,27,28,30,31)/p+1. The molecule has 0 radical (unpaired) electrons. The Labute approximate surface area is 179 Å². The van der Waals surface area contributed by atoms with E-state index in [4.69, 9.17) is 4.74 Å². The highest BCUT2D eigenvalue weighted by Crippen LogP contribution is 2.37. The van der Waals surface area contributed by atoms with Gasteiger partial charge in [-0.25, -0.2) is 4.39 Å². The van der Waals surface area contributed by atoms with E-state index >= 15 is 0 Å². The van der Waals surface area contributed by atoms with E-state index in [1.165, 1.54) is 0 Å². The Kier molecular flexibility index (Phi) is 6.28. The fourth-order valence-electron chi connectivity index (χ4n) is 2.55. The number of amides is 1. The predicted molar refractivity (Wildman–Crippen MR) is 96.7 cm³/mol. The number of nitrogens with zero attached hydrogens (tertiary/aromatic N) is 1. The van der Waals surface area contributed by atoms with E-state index in [1.54, 1.807) is 0 Å². The third-order valence-corrected chi connectivity index (χ3v) is 3.92. The van der Waals surface area contributed by atoms with Crippen LogP contribution < -0.4 is 19.3 Å². The third kappa shape index (κ3) is 5.99. The molecule has 14 heteroatoms. The summed E-state index contributed by atoms with van der Waals surface area (Å²) in [5, 5.41) is 4.24. The van der Waals surface area contributed by atoms with Crippen LogP contribution in [0.3, 0.4) is 0 Å². The second kappa shape index (κ2) is 8.80. The number of carbonyl (C=O) groups is 1. The van der Waals surface area contributed by atoms with E-state index in [1.807, 2.05) is 0 Å². The molecule has 0 fully saturated rings. The zero-order valence-electron chi connectivity index (χ0n) is 15.9. The molecule has 0 aliphatic carbocycles. The Balaban J connectivity index is 1.97. The molecule has 1 aromatic heterocycles. The molecule has 33 heavy (non-hydrogen) atoms. The van der Waals surface area contributed by atoms with Gasteiger partial charge in [-0.3, -0.25) is 4.79 Å². The summed E-state index contributed by atoms with van der Waals surface area (Å²) >= 11 is 0. The summed E-state index contributed by atoms with van der Waals surface area (Å²) in [4.78, 5) is 23.6. The van der Waals surface area contributed by atoms with E-state index in [9.17, 15) is 40.4 Å². The molecule has 0 aliphatic rings. The number of carbonyl (C=O) groups excluding carboxylic acids is 1. The van der Waals surface area contributed by atoms with Crippen LogP contribution in [0.5, 0.6) is 17.2 Å². The molecule has 0 spiro atoms. The molecule has 2 N–H and O–H groups in total. The molecule has 0 bridgehead atoms. The SMILES string of the molecule is O=C(Nc1cc[n+](=O)[nH]c1)c1c(Oc2ccc(OC(F)(F)F)cc2)ccc(C(F)(F)F)c1F. The number of ether oxygens (including phenoxy) is 2. The van der Waals surface area contributed by atoms with E-state index in [-0.39, 0.29) is 16.0 Å². The number of rotatable bonds is 5. The van der Waals surface area contributed by atoms with Crippen LogP contribution in [0.1, 0.15) is 15.9 Å². The molecule has 7 nitrogen and oxygen atoms in total. The first-order valence-electron chi connectivity index (χ1n) is 8.69. The molecular weight excluding hydrogens is 467 g/mol. The summed E-state index contributed by atoms with van der Waals surface area (Å²) in [6.07, 6.45) is -8.16. The summed E-state index contributed by atoms with van der Waals surface area (Å²) < 4.78 is 100. The van der Waals surface area contributed by atoms with Gasteiger partial charge in [0, 0.05) is 6.07 Å². The monoisotopic (exact) mass is 478 g/mol. The second-order valence-electron chi connectivity index (χ2n) is 6.24. The topological polar surface area (TPSA) is 86.3 Å². The smallest absolute Gasteiger partial charge is 0.456 e. The van der Waals surface area contributed by atoms with Crippen LogP contribution >= 0.6 is 0 Å². The number of anilines is 1. The number of aromatic nitrogens is 2. The van der Waals surface area contributed by atoms with Gasteiger partial charge < -0.3 is 14.8 Å². The van der Waals surface area contributed by atoms with Gasteiger partial charge in [-0.2, -0.15) is 13.2 Å². The lowest BCUT2D eigenvalue weighted by Crippen LogP contribution is -2.21. The average Bonchev–Trinajstić information content (AvgIpc) is 2.69. The van der Waals surface area contributed by atoms with Gasteiger partial charge in [0.15, 0.2) is 10.4 Å². The van der Waals surface area contributed by atoms with Crippen LogP contribution in [-0.4, -0.2) is 17.4 Å². The first-order valence-corrected chi connectivity index (χ1v) is 8.69. The van der Waals surface area contributed by atoms with E-state index in [0.717, 1.165) is 42.7 Å². The molecule has 174 valence electrons. The highest BCUT2D eigenvalue weighted by Gasteiger charge is 2.37. The third-order valence-electron chi connectivity index (χ3n) is 3.92. The molecule has 0 saturated heterocycles. The highest BCUT2D eigenvalue weighted by molar-refractivity contribution is 6.06. The second-order valence-corrected chi connectivity index (χ2v) is 6.24. The summed E-state index contributed by atoms with van der Waals surface area (Å²) in [6.45, 7) is 0. The molecule has 2 aromatic carbocycles. The van der Waals surface area contributed by atoms with Crippen molar-refractivity contribution in [1.82, 2.24) is 5.10 Å². The van der Waals surface area contributed by atoms with Crippen LogP contribution in [0.25, 0.3) is 0 Å². The van der Waals surface area contributed by atoms with Crippen molar-refractivity contribution in [1.29, 1.82) is 0 Å². The lowest BCUT2D eigenvalue weighted by atomic mass is 10.1. The Bertz CT molecular complexity index is 1200. The molecule has 1 amide bonds. The molecule has 3 aromatic rings. The normalized spacial score (nSPS) is 11.7. The number of halogens is 7. The predicted octanol–water partition coefficient (Wildman–Crippen LogP) is 5.03. The number of H-pyrrole nitrogens is 1. The minimum atomic E-state index is -5.14. The van der Waals surface area contributed by atoms with Crippen molar-refractivity contribution >= 4 is 11.6 Å². The number of alkyl halides is 6. The van der Waals surface area contributed by atoms with Gasteiger partial charge in [-0.1, -0.05) is 0 Å². The first kappa shape index (κ1) is 23.6. The minimum absolute atomic E-state index is 0.0801. The zero-order chi connectivity index (χ0) is 24.4. The molecule has 0 saturated carbocycles. The van der Waals surface area contributed by atoms with Crippen molar-refractivity contribution in [3.05, 3.63) is 76.7 Å². The van der Waals surface area contributed by atoms with Crippen molar-refractivity contribution in [2.45, 2.75) is 12.5 Å². The van der Waals surface area contributed by atoms with Gasteiger partial charge in [-0.15, -0.1) is 18.3 Å². The van der Waals surface area contributed by atoms with Crippen LogP contribution in [0.4, 0.5) is 36.4 Å². The maximum absolute atomic E-state index is 14.7. The van der Waals surface area contributed by atoms with Gasteiger partial charge in [0.1, 0.15) is 22.8 Å². The Hall–Kier alpha value is -4.10. The van der Waals surface area contributed by atoms with Crippen molar-refractivity contribution in [3.63, 3.8) is 0 Å². The number of hydrogen-bond acceptors (Lipinski definition) is 4. The highest BCUT2D eigenvalue weighted by atomic mass is 19.4. The molecule has 1 heterocycles. The molecule has 3 rings (SSSR count). The van der Waals surface area contributed by atoms with E-state index in [2.05, 4.69) is 15.2 Å². The quantitative estimate of drug-likeness (QED) is 0.398. The Morgan fingerprint density at radius 2 is 1.58 bits per heavy atom. The van der Waals surface area contributed by atoms with Crippen LogP contribution in [0, 0.1) is 10.7 Å². The van der Waals surface area contributed by atoms with Crippen molar-refractivity contribution in [2.24, 2.45) is 0 Å². The number of aromatic amines is 1. The fourth-order valence-corrected chi connectivity index (χ4v) is 2.55. The number of hydrogen-bond donors (Lipinski definition) is 2. The van der Waals surface area contributed by atoms with Crippen molar-refractivity contribution < 1.29 is 49.5 Å². The number of nitrogens with one attached hydrogen (secondary N) is 2. The lowest BCUT2D eigenvalue weighted by Gasteiger charge is -2.16. The summed E-state index contributed by atoms with van der Waals surface area (Å²) in [5.74, 6) is -4.77. The summed E-state index contributed by atoms with van der Waals surface area (Å²) in [5.41, 5.74) is -2.95. The van der Waals surface area contributed by atoms with Gasteiger partial charge in [0.05, 0.1) is 22.4 Å². The van der Waals surface area contributed by atoms with Gasteiger partial charge >= 0.3 is 12.5 Å². The maximum atomic E-state index is 14.7. The van der Waals surface area contributed by atoms with Gasteiger partial charge in [0.25, 0.3) is 12.1 Å². The van der Waals surface area contributed by atoms with E-state index < -0.39 is 46.9 Å². The molecule has 0 unspecified atom stereocenters. The Morgan fingerprint density at radius 3 is 2.12 bits per heavy atom. The maximum Gasteiger partial charge on any atom is 0.573 e. The first-order chi connectivity index (χ1) is 15.3. The Morgan fingerprint density at radius 1 is 0.939 bits per heavy atom. The van der Waals surface area contributed by atoms with Crippen LogP contribution in [0.15, 0.2) is 54.9 Å². The number of benzene rings is 2. The zero-order valence-corrected chi connectivity index (χ0v) is 15.9. The lowest BCUT2D eigenvalue weighted by molar-refractivity contribution is -0.564. The summed E-state index contributed by atoms with van der Waals surface area (Å²) in [7, 11) is 0. The minimum Gasteiger partial charge on any atom is -0.456 e. The van der Waals surface area contributed by atoms with E-state index in [0.29, 0.717) is 12.1 Å². The fraction of sp³-hybridized carbons (Fsp3) is 0.105. The van der Waals surface area contributed by atoms with Gasteiger partial charge in [0.2, 0.25) is 0 Å². The summed E-state index contributed by atoms with van der Waals surface area (Å²) in [6, 6.07) is 5.76. The van der Waals surface area contributed by atoms with Crippen LogP contribution in [-0.2, 0) is 6.18 Å². The van der Waals surface area contributed by atoms with Gasteiger partial charge in [-0.05, 0) is 36.4 Å². The average molecular weight is 478 g/mol. The van der Waals surface area contributed by atoms with Crippen LogP contribution in [0.2, 0.25) is 0 Å². The molecular formula is C19H11F7N3O4+. The molecule has 0 atom stereocenters. The molecule has 0 aliphatic heterocycles.